The Morgan fingerprint density at radius 3 is 2.24 bits per heavy atom. The lowest BCUT2D eigenvalue weighted by Gasteiger charge is -2.17. The van der Waals surface area contributed by atoms with Gasteiger partial charge in [0.15, 0.2) is 5.78 Å². The average Bonchev–Trinajstić information content (AvgIpc) is 2.63. The third-order valence-electron chi connectivity index (χ3n) is 3.97. The van der Waals surface area contributed by atoms with Crippen molar-refractivity contribution >= 4 is 23.3 Å². The third-order valence-corrected chi connectivity index (χ3v) is 4.22. The van der Waals surface area contributed by atoms with Crippen LogP contribution in [-0.4, -0.2) is 30.7 Å². The van der Waals surface area contributed by atoms with E-state index in [0.29, 0.717) is 36.4 Å². The molecule has 0 aromatic heterocycles. The Balaban J connectivity index is 1.76. The van der Waals surface area contributed by atoms with Gasteiger partial charge in [-0.3, -0.25) is 9.59 Å². The molecule has 2 aromatic carbocycles. The number of rotatable bonds is 8. The molecule has 0 radical (unpaired) electrons. The Hall–Kier alpha value is -2.33. The van der Waals surface area contributed by atoms with Gasteiger partial charge in [0.1, 0.15) is 5.75 Å². The summed E-state index contributed by atoms with van der Waals surface area (Å²) in [6.45, 7) is 0.530. The van der Waals surface area contributed by atoms with E-state index in [4.69, 9.17) is 16.3 Å². The van der Waals surface area contributed by atoms with E-state index in [1.807, 2.05) is 24.3 Å². The topological polar surface area (TPSA) is 46.6 Å². The van der Waals surface area contributed by atoms with Gasteiger partial charge >= 0.3 is 0 Å². The van der Waals surface area contributed by atoms with E-state index < -0.39 is 0 Å². The first-order valence-corrected chi connectivity index (χ1v) is 8.53. The molecule has 0 bridgehead atoms. The standard InChI is InChI=1S/C20H22ClNO3/c1-22(14-15-6-10-17(21)11-7-15)20(24)5-3-4-19(23)16-8-12-18(25-2)13-9-16/h6-13H,3-5,14H2,1-2H3. The molecule has 0 spiro atoms. The summed E-state index contributed by atoms with van der Waals surface area (Å²) in [5.74, 6) is 0.781. The Morgan fingerprint density at radius 2 is 1.64 bits per heavy atom. The van der Waals surface area contributed by atoms with E-state index in [1.165, 1.54) is 0 Å². The Morgan fingerprint density at radius 1 is 1.00 bits per heavy atom. The molecule has 1 amide bonds. The minimum absolute atomic E-state index is 0.0254. The minimum Gasteiger partial charge on any atom is -0.497 e. The van der Waals surface area contributed by atoms with E-state index in [2.05, 4.69) is 0 Å². The van der Waals surface area contributed by atoms with Gasteiger partial charge in [-0.15, -0.1) is 0 Å². The Kier molecular flexibility index (Phi) is 7.02. The number of carbonyl (C=O) groups excluding carboxylic acids is 2. The number of carbonyl (C=O) groups is 2. The molecular formula is C20H22ClNO3. The molecule has 0 saturated carbocycles. The second-order valence-corrected chi connectivity index (χ2v) is 6.32. The van der Waals surface area contributed by atoms with Crippen molar-refractivity contribution in [3.63, 3.8) is 0 Å². The molecule has 0 aliphatic carbocycles. The number of ether oxygens (including phenoxy) is 1. The first-order chi connectivity index (χ1) is 12.0. The maximum atomic E-state index is 12.2. The fourth-order valence-electron chi connectivity index (χ4n) is 2.46. The second kappa shape index (κ2) is 9.23. The predicted octanol–water partition coefficient (Wildman–Crippen LogP) is 4.36. The van der Waals surface area contributed by atoms with Crippen molar-refractivity contribution in [2.24, 2.45) is 0 Å². The van der Waals surface area contributed by atoms with Crippen LogP contribution in [0.4, 0.5) is 0 Å². The maximum Gasteiger partial charge on any atom is 0.222 e. The molecule has 0 fully saturated rings. The van der Waals surface area contributed by atoms with Gasteiger partial charge in [0.25, 0.3) is 0 Å². The highest BCUT2D eigenvalue weighted by molar-refractivity contribution is 6.30. The van der Waals surface area contributed by atoms with E-state index in [9.17, 15) is 9.59 Å². The minimum atomic E-state index is 0.0254. The molecule has 2 aromatic rings. The molecule has 25 heavy (non-hydrogen) atoms. The highest BCUT2D eigenvalue weighted by Crippen LogP contribution is 2.15. The Bertz CT molecular complexity index is 711. The lowest BCUT2D eigenvalue weighted by Crippen LogP contribution is -2.26. The van der Waals surface area contributed by atoms with Crippen molar-refractivity contribution in [2.45, 2.75) is 25.8 Å². The lowest BCUT2D eigenvalue weighted by molar-refractivity contribution is -0.130. The summed E-state index contributed by atoms with van der Waals surface area (Å²) in [6.07, 6.45) is 1.24. The summed E-state index contributed by atoms with van der Waals surface area (Å²) in [5, 5.41) is 0.676. The van der Waals surface area contributed by atoms with E-state index in [0.717, 1.165) is 11.3 Å². The van der Waals surface area contributed by atoms with Crippen molar-refractivity contribution in [1.82, 2.24) is 4.90 Å². The zero-order valence-electron chi connectivity index (χ0n) is 14.5. The van der Waals surface area contributed by atoms with Gasteiger partial charge in [0, 0.05) is 37.0 Å². The summed E-state index contributed by atoms with van der Waals surface area (Å²) in [6, 6.07) is 14.4. The number of methoxy groups -OCH3 is 1. The van der Waals surface area contributed by atoms with Crippen LogP contribution in [-0.2, 0) is 11.3 Å². The molecule has 0 heterocycles. The van der Waals surface area contributed by atoms with Gasteiger partial charge in [0.2, 0.25) is 5.91 Å². The average molecular weight is 360 g/mol. The van der Waals surface area contributed by atoms with Gasteiger partial charge in [-0.05, 0) is 48.4 Å². The monoisotopic (exact) mass is 359 g/mol. The molecule has 2 rings (SSSR count). The number of Topliss-reactive ketones (excluding diaryl/α,β-unsaturated/α-hetero) is 1. The van der Waals surface area contributed by atoms with Gasteiger partial charge in [-0.1, -0.05) is 23.7 Å². The second-order valence-electron chi connectivity index (χ2n) is 5.88. The van der Waals surface area contributed by atoms with Crippen LogP contribution < -0.4 is 4.74 Å². The van der Waals surface area contributed by atoms with Crippen molar-refractivity contribution in [3.05, 3.63) is 64.7 Å². The number of hydrogen-bond acceptors (Lipinski definition) is 3. The van der Waals surface area contributed by atoms with E-state index >= 15 is 0 Å². The zero-order valence-corrected chi connectivity index (χ0v) is 15.3. The molecule has 0 atom stereocenters. The van der Waals surface area contributed by atoms with Gasteiger partial charge in [-0.2, -0.15) is 0 Å². The SMILES string of the molecule is COc1ccc(C(=O)CCCC(=O)N(C)Cc2ccc(Cl)cc2)cc1. The quantitative estimate of drug-likeness (QED) is 0.658. The summed E-state index contributed by atoms with van der Waals surface area (Å²) in [7, 11) is 3.35. The van der Waals surface area contributed by atoms with Crippen LogP contribution in [0, 0.1) is 0 Å². The third kappa shape index (κ3) is 5.91. The lowest BCUT2D eigenvalue weighted by atomic mass is 10.0. The molecule has 4 nitrogen and oxygen atoms in total. The molecule has 0 unspecified atom stereocenters. The normalized spacial score (nSPS) is 10.4. The van der Waals surface area contributed by atoms with Gasteiger partial charge in [-0.25, -0.2) is 0 Å². The Labute approximate surface area is 153 Å². The van der Waals surface area contributed by atoms with E-state index in [1.54, 1.807) is 43.3 Å². The summed E-state index contributed by atoms with van der Waals surface area (Å²) in [4.78, 5) is 26.0. The first-order valence-electron chi connectivity index (χ1n) is 8.15. The van der Waals surface area contributed by atoms with E-state index in [-0.39, 0.29) is 11.7 Å². The summed E-state index contributed by atoms with van der Waals surface area (Å²) >= 11 is 5.86. The van der Waals surface area contributed by atoms with Crippen LogP contribution in [0.3, 0.4) is 0 Å². The van der Waals surface area contributed by atoms with Crippen molar-refractivity contribution in [2.75, 3.05) is 14.2 Å². The first kappa shape index (κ1) is 19.0. The highest BCUT2D eigenvalue weighted by Gasteiger charge is 2.11. The van der Waals surface area contributed by atoms with Crippen LogP contribution in [0.2, 0.25) is 5.02 Å². The fourth-order valence-corrected chi connectivity index (χ4v) is 2.59. The smallest absolute Gasteiger partial charge is 0.222 e. The molecule has 0 N–H and O–H groups in total. The zero-order chi connectivity index (χ0) is 18.2. The molecule has 5 heteroatoms. The number of nitrogens with zero attached hydrogens (tertiary/aromatic N) is 1. The molecular weight excluding hydrogens is 338 g/mol. The number of amides is 1. The number of benzene rings is 2. The van der Waals surface area contributed by atoms with Gasteiger partial charge < -0.3 is 9.64 Å². The van der Waals surface area contributed by atoms with Crippen molar-refractivity contribution < 1.29 is 14.3 Å². The van der Waals surface area contributed by atoms with Crippen LogP contribution in [0.15, 0.2) is 48.5 Å². The maximum absolute atomic E-state index is 12.2. The van der Waals surface area contributed by atoms with Gasteiger partial charge in [0.05, 0.1) is 7.11 Å². The number of hydrogen-bond donors (Lipinski definition) is 0. The molecule has 132 valence electrons. The number of ketones is 1. The predicted molar refractivity (Wildman–Crippen MR) is 99.1 cm³/mol. The summed E-state index contributed by atoms with van der Waals surface area (Å²) in [5.41, 5.74) is 1.66. The van der Waals surface area contributed by atoms with Crippen LogP contribution in [0.5, 0.6) is 5.75 Å². The molecule has 0 aliphatic heterocycles. The van der Waals surface area contributed by atoms with Crippen LogP contribution in [0.25, 0.3) is 0 Å². The van der Waals surface area contributed by atoms with Crippen LogP contribution >= 0.6 is 11.6 Å². The van der Waals surface area contributed by atoms with Crippen molar-refractivity contribution in [3.8, 4) is 5.75 Å². The number of halogens is 1. The largest absolute Gasteiger partial charge is 0.497 e. The fraction of sp³-hybridized carbons (Fsp3) is 0.300. The molecule has 0 aliphatic rings. The molecule has 0 saturated heterocycles. The summed E-state index contributed by atoms with van der Waals surface area (Å²) < 4.78 is 5.07. The highest BCUT2D eigenvalue weighted by atomic mass is 35.5. The van der Waals surface area contributed by atoms with Crippen LogP contribution in [0.1, 0.15) is 35.2 Å². The van der Waals surface area contributed by atoms with Crippen molar-refractivity contribution in [1.29, 1.82) is 0 Å².